The van der Waals surface area contributed by atoms with E-state index in [1.54, 1.807) is 0 Å². The minimum atomic E-state index is -0.574. The molecular weight excluding hydrogens is 268 g/mol. The van der Waals surface area contributed by atoms with Crippen LogP contribution in [0.15, 0.2) is 18.2 Å². The molecule has 0 spiro atoms. The van der Waals surface area contributed by atoms with Gasteiger partial charge in [-0.15, -0.1) is 0 Å². The molecule has 116 valence electrons. The summed E-state index contributed by atoms with van der Waals surface area (Å²) in [7, 11) is 0. The van der Waals surface area contributed by atoms with E-state index in [0.717, 1.165) is 6.54 Å². The number of carbonyl (C=O) groups is 1. The number of benzene rings is 1. The van der Waals surface area contributed by atoms with Gasteiger partial charge in [0.15, 0.2) is 0 Å². The number of rotatable bonds is 3. The average Bonchev–Trinajstić information content (AvgIpc) is 2.63. The van der Waals surface area contributed by atoms with E-state index in [4.69, 9.17) is 5.11 Å². The van der Waals surface area contributed by atoms with Gasteiger partial charge in [0.1, 0.15) is 6.61 Å². The highest BCUT2D eigenvalue weighted by Crippen LogP contribution is 2.14. The van der Waals surface area contributed by atoms with Crippen molar-refractivity contribution in [2.75, 3.05) is 32.8 Å². The maximum absolute atomic E-state index is 11.6. The van der Waals surface area contributed by atoms with Crippen LogP contribution < -0.4 is 0 Å². The van der Waals surface area contributed by atoms with Crippen LogP contribution in [0.5, 0.6) is 0 Å². The molecular formula is C16H24N2O3. The first kappa shape index (κ1) is 15.9. The van der Waals surface area contributed by atoms with Crippen molar-refractivity contribution in [3.8, 4) is 0 Å². The Morgan fingerprint density at radius 3 is 2.67 bits per heavy atom. The molecule has 0 saturated carbocycles. The Kier molecular flexibility index (Phi) is 5.33. The normalized spacial score (nSPS) is 20.4. The van der Waals surface area contributed by atoms with Gasteiger partial charge >= 0.3 is 0 Å². The first-order valence-corrected chi connectivity index (χ1v) is 7.34. The fraction of sp³-hybridized carbons (Fsp3) is 0.562. The number of aliphatic hydroxyl groups is 2. The second kappa shape index (κ2) is 7.02. The predicted molar refractivity (Wildman–Crippen MR) is 80.9 cm³/mol. The molecule has 0 bridgehead atoms. The summed E-state index contributed by atoms with van der Waals surface area (Å²) >= 11 is 0. The van der Waals surface area contributed by atoms with Gasteiger partial charge in [0, 0.05) is 32.7 Å². The summed E-state index contributed by atoms with van der Waals surface area (Å²) < 4.78 is 0. The Balaban J connectivity index is 2.00. The molecule has 1 saturated heterocycles. The van der Waals surface area contributed by atoms with Gasteiger partial charge in [-0.1, -0.05) is 18.2 Å². The molecule has 0 unspecified atom stereocenters. The molecule has 0 aliphatic carbocycles. The molecule has 1 amide bonds. The summed E-state index contributed by atoms with van der Waals surface area (Å²) in [6, 6.07) is 6.39. The van der Waals surface area contributed by atoms with Crippen molar-refractivity contribution in [3.05, 3.63) is 34.9 Å². The predicted octanol–water partition coefficient (Wildman–Crippen LogP) is 0.301. The van der Waals surface area contributed by atoms with Gasteiger partial charge in [-0.2, -0.15) is 0 Å². The number of nitrogens with zero attached hydrogens (tertiary/aromatic N) is 2. The zero-order chi connectivity index (χ0) is 15.4. The van der Waals surface area contributed by atoms with E-state index in [1.165, 1.54) is 21.6 Å². The zero-order valence-corrected chi connectivity index (χ0v) is 12.7. The summed E-state index contributed by atoms with van der Waals surface area (Å²) in [4.78, 5) is 15.2. The third-order valence-electron chi connectivity index (χ3n) is 4.05. The van der Waals surface area contributed by atoms with Crippen LogP contribution in [0.1, 0.15) is 16.7 Å². The lowest BCUT2D eigenvalue weighted by atomic mass is 10.1. The molecule has 21 heavy (non-hydrogen) atoms. The van der Waals surface area contributed by atoms with Crippen LogP contribution in [0.4, 0.5) is 0 Å². The number of aryl methyl sites for hydroxylation is 2. The van der Waals surface area contributed by atoms with Gasteiger partial charge in [-0.25, -0.2) is 0 Å². The van der Waals surface area contributed by atoms with Crippen molar-refractivity contribution in [2.24, 2.45) is 0 Å². The second-order valence-corrected chi connectivity index (χ2v) is 5.81. The topological polar surface area (TPSA) is 64.0 Å². The minimum Gasteiger partial charge on any atom is -0.390 e. The summed E-state index contributed by atoms with van der Waals surface area (Å²) in [5.41, 5.74) is 3.75. The molecule has 5 heteroatoms. The van der Waals surface area contributed by atoms with Crippen LogP contribution in [0.2, 0.25) is 0 Å². The molecule has 5 nitrogen and oxygen atoms in total. The number of aliphatic hydroxyl groups excluding tert-OH is 2. The van der Waals surface area contributed by atoms with Crippen molar-refractivity contribution in [3.63, 3.8) is 0 Å². The van der Waals surface area contributed by atoms with Gasteiger partial charge < -0.3 is 15.1 Å². The van der Waals surface area contributed by atoms with Gasteiger partial charge in [-0.05, 0) is 30.5 Å². The van der Waals surface area contributed by atoms with Crippen molar-refractivity contribution in [2.45, 2.75) is 26.5 Å². The Hall–Kier alpha value is -1.43. The standard InChI is InChI=1S/C16H24N2O3/c1-12-3-4-14(7-13(12)2)8-17-5-6-18(16(21)11-19)10-15(20)9-17/h3-4,7,15,19-20H,5-6,8-11H2,1-2H3/t15-/m1/s1. The maximum Gasteiger partial charge on any atom is 0.248 e. The summed E-state index contributed by atoms with van der Waals surface area (Å²) in [6.45, 7) is 6.54. The lowest BCUT2D eigenvalue weighted by molar-refractivity contribution is -0.135. The fourth-order valence-electron chi connectivity index (χ4n) is 2.69. The second-order valence-electron chi connectivity index (χ2n) is 5.81. The van der Waals surface area contributed by atoms with Crippen molar-refractivity contribution in [1.82, 2.24) is 9.80 Å². The number of β-amino-alcohol motifs (C(OH)–C–C–N with tert-alkyl or cyclic N) is 1. The van der Waals surface area contributed by atoms with Gasteiger partial charge in [0.25, 0.3) is 0 Å². The molecule has 1 aromatic carbocycles. The molecule has 1 aliphatic rings. The first-order chi connectivity index (χ1) is 9.99. The van der Waals surface area contributed by atoms with Crippen molar-refractivity contribution in [1.29, 1.82) is 0 Å². The Bertz CT molecular complexity index is 504. The van der Waals surface area contributed by atoms with Gasteiger partial charge in [0.05, 0.1) is 6.10 Å². The van der Waals surface area contributed by atoms with Gasteiger partial charge in [0.2, 0.25) is 5.91 Å². The number of carbonyl (C=O) groups excluding carboxylic acids is 1. The smallest absolute Gasteiger partial charge is 0.248 e. The van der Waals surface area contributed by atoms with E-state index < -0.39 is 12.7 Å². The van der Waals surface area contributed by atoms with E-state index in [1.807, 2.05) is 0 Å². The third-order valence-corrected chi connectivity index (χ3v) is 4.05. The molecule has 1 aliphatic heterocycles. The van der Waals surface area contributed by atoms with E-state index in [9.17, 15) is 9.90 Å². The van der Waals surface area contributed by atoms with E-state index in [-0.39, 0.29) is 5.91 Å². The van der Waals surface area contributed by atoms with Crippen LogP contribution >= 0.6 is 0 Å². The molecule has 1 heterocycles. The van der Waals surface area contributed by atoms with Crippen molar-refractivity contribution < 1.29 is 15.0 Å². The number of hydrogen-bond acceptors (Lipinski definition) is 4. The van der Waals surface area contributed by atoms with E-state index in [2.05, 4.69) is 36.9 Å². The zero-order valence-electron chi connectivity index (χ0n) is 12.7. The SMILES string of the molecule is Cc1ccc(CN2CCN(C(=O)CO)C[C@H](O)C2)cc1C. The molecule has 2 N–H and O–H groups in total. The van der Waals surface area contributed by atoms with Crippen LogP contribution in [0, 0.1) is 13.8 Å². The number of amides is 1. The molecule has 1 fully saturated rings. The quantitative estimate of drug-likeness (QED) is 0.841. The Labute approximate surface area is 125 Å². The van der Waals surface area contributed by atoms with Crippen LogP contribution in [0.3, 0.4) is 0 Å². The lowest BCUT2D eigenvalue weighted by Crippen LogP contribution is -2.39. The molecule has 0 radical (unpaired) electrons. The summed E-state index contributed by atoms with van der Waals surface area (Å²) in [5.74, 6) is -0.318. The van der Waals surface area contributed by atoms with Crippen molar-refractivity contribution >= 4 is 5.91 Å². The van der Waals surface area contributed by atoms with Gasteiger partial charge in [-0.3, -0.25) is 9.69 Å². The highest BCUT2D eigenvalue weighted by Gasteiger charge is 2.23. The van der Waals surface area contributed by atoms with Crippen LogP contribution in [-0.4, -0.2) is 64.8 Å². The molecule has 2 rings (SSSR count). The Morgan fingerprint density at radius 2 is 2.00 bits per heavy atom. The van der Waals surface area contributed by atoms with E-state index in [0.29, 0.717) is 26.2 Å². The highest BCUT2D eigenvalue weighted by molar-refractivity contribution is 5.77. The fourth-order valence-corrected chi connectivity index (χ4v) is 2.69. The molecule has 1 aromatic rings. The molecule has 0 aromatic heterocycles. The first-order valence-electron chi connectivity index (χ1n) is 7.34. The maximum atomic E-state index is 11.6. The largest absolute Gasteiger partial charge is 0.390 e. The monoisotopic (exact) mass is 292 g/mol. The highest BCUT2D eigenvalue weighted by atomic mass is 16.3. The molecule has 1 atom stereocenters. The third kappa shape index (κ3) is 4.27. The minimum absolute atomic E-state index is 0.294. The van der Waals surface area contributed by atoms with E-state index >= 15 is 0 Å². The number of hydrogen-bond donors (Lipinski definition) is 2. The lowest BCUT2D eigenvalue weighted by Gasteiger charge is -2.21. The summed E-state index contributed by atoms with van der Waals surface area (Å²) in [5, 5.41) is 19.0. The average molecular weight is 292 g/mol. The summed E-state index contributed by atoms with van der Waals surface area (Å²) in [6.07, 6.45) is -0.574. The Morgan fingerprint density at radius 1 is 1.24 bits per heavy atom. The van der Waals surface area contributed by atoms with Crippen LogP contribution in [0.25, 0.3) is 0 Å². The van der Waals surface area contributed by atoms with Crippen LogP contribution in [-0.2, 0) is 11.3 Å².